The Morgan fingerprint density at radius 1 is 1.36 bits per heavy atom. The van der Waals surface area contributed by atoms with Gasteiger partial charge in [-0.2, -0.15) is 0 Å². The highest BCUT2D eigenvalue weighted by atomic mass is 32.1. The van der Waals surface area contributed by atoms with E-state index in [1.807, 2.05) is 4.90 Å². The summed E-state index contributed by atoms with van der Waals surface area (Å²) in [5, 5.41) is 7.03. The van der Waals surface area contributed by atoms with Crippen LogP contribution in [-0.2, 0) is 17.8 Å². The average Bonchev–Trinajstić information content (AvgIpc) is 3.33. The summed E-state index contributed by atoms with van der Waals surface area (Å²) >= 11 is 1.43. The zero-order valence-corrected chi connectivity index (χ0v) is 14.9. The van der Waals surface area contributed by atoms with E-state index in [1.165, 1.54) is 11.3 Å². The first-order chi connectivity index (χ1) is 12.1. The molecule has 0 bridgehead atoms. The topological polar surface area (TPSA) is 88.3 Å². The van der Waals surface area contributed by atoms with Crippen LogP contribution in [0.2, 0.25) is 0 Å². The fraction of sp³-hybridized carbons (Fsp3) is 0.529. The van der Waals surface area contributed by atoms with E-state index in [4.69, 9.17) is 4.52 Å². The molecule has 0 spiro atoms. The third-order valence-corrected chi connectivity index (χ3v) is 5.83. The molecule has 8 heteroatoms. The number of nitrogens with one attached hydrogen (secondary N) is 1. The number of hydrogen-bond donors (Lipinski definition) is 1. The molecule has 2 amide bonds. The Morgan fingerprint density at radius 3 is 2.88 bits per heavy atom. The highest BCUT2D eigenvalue weighted by molar-refractivity contribution is 7.15. The van der Waals surface area contributed by atoms with Crippen molar-refractivity contribution in [2.45, 2.75) is 45.6 Å². The van der Waals surface area contributed by atoms with Gasteiger partial charge in [-0.1, -0.05) is 29.3 Å². The Labute approximate surface area is 149 Å². The Kier molecular flexibility index (Phi) is 4.29. The number of amides is 2. The molecule has 25 heavy (non-hydrogen) atoms. The van der Waals surface area contributed by atoms with Gasteiger partial charge in [0, 0.05) is 29.8 Å². The van der Waals surface area contributed by atoms with Crippen molar-refractivity contribution in [1.29, 1.82) is 0 Å². The molecular formula is C17H20N4O3S. The molecule has 1 saturated carbocycles. The molecule has 1 aliphatic carbocycles. The van der Waals surface area contributed by atoms with Crippen molar-refractivity contribution in [3.63, 3.8) is 0 Å². The molecule has 132 valence electrons. The number of rotatable bonds is 3. The van der Waals surface area contributed by atoms with E-state index in [0.29, 0.717) is 24.0 Å². The number of aromatic nitrogens is 2. The lowest BCUT2D eigenvalue weighted by molar-refractivity contribution is -0.136. The first kappa shape index (κ1) is 16.3. The molecule has 0 radical (unpaired) electrons. The van der Waals surface area contributed by atoms with Crippen LogP contribution < -0.4 is 5.32 Å². The molecule has 1 aliphatic heterocycles. The summed E-state index contributed by atoms with van der Waals surface area (Å²) in [5.41, 5.74) is 1.22. The van der Waals surface area contributed by atoms with Gasteiger partial charge in [0.1, 0.15) is 5.76 Å². The van der Waals surface area contributed by atoms with Crippen molar-refractivity contribution in [3.8, 4) is 0 Å². The predicted octanol–water partition coefficient (Wildman–Crippen LogP) is 2.77. The Morgan fingerprint density at radius 2 is 2.16 bits per heavy atom. The highest BCUT2D eigenvalue weighted by Gasteiger charge is 2.30. The first-order valence-electron chi connectivity index (χ1n) is 8.62. The molecular weight excluding hydrogens is 340 g/mol. The molecule has 1 fully saturated rings. The average molecular weight is 360 g/mol. The number of thiazole rings is 1. The lowest BCUT2D eigenvalue weighted by Crippen LogP contribution is -2.38. The van der Waals surface area contributed by atoms with Crippen molar-refractivity contribution < 1.29 is 14.1 Å². The maximum Gasteiger partial charge on any atom is 0.279 e. The molecule has 1 N–H and O–H groups in total. The van der Waals surface area contributed by atoms with E-state index in [0.717, 1.165) is 42.7 Å². The molecule has 3 heterocycles. The maximum atomic E-state index is 12.6. The summed E-state index contributed by atoms with van der Waals surface area (Å²) in [4.78, 5) is 32.3. The second-order valence-corrected chi connectivity index (χ2v) is 7.74. The van der Waals surface area contributed by atoms with Crippen molar-refractivity contribution in [3.05, 3.63) is 28.1 Å². The Bertz CT molecular complexity index is 807. The van der Waals surface area contributed by atoms with E-state index >= 15 is 0 Å². The van der Waals surface area contributed by atoms with Crippen LogP contribution in [0.25, 0.3) is 0 Å². The number of fused-ring (bicyclic) bond motifs is 1. The van der Waals surface area contributed by atoms with E-state index in [9.17, 15) is 9.59 Å². The van der Waals surface area contributed by atoms with Gasteiger partial charge in [0.15, 0.2) is 10.8 Å². The minimum Gasteiger partial charge on any atom is -0.361 e. The highest BCUT2D eigenvalue weighted by Crippen LogP contribution is 2.32. The van der Waals surface area contributed by atoms with Crippen LogP contribution in [0.15, 0.2) is 10.6 Å². The lowest BCUT2D eigenvalue weighted by atomic mass is 10.0. The summed E-state index contributed by atoms with van der Waals surface area (Å²) in [7, 11) is 0. The fourth-order valence-electron chi connectivity index (χ4n) is 3.50. The van der Waals surface area contributed by atoms with Gasteiger partial charge < -0.3 is 9.42 Å². The van der Waals surface area contributed by atoms with E-state index in [2.05, 4.69) is 15.5 Å². The summed E-state index contributed by atoms with van der Waals surface area (Å²) in [6.45, 7) is 3.05. The number of aryl methyl sites for hydroxylation is 1. The molecule has 0 saturated heterocycles. The quantitative estimate of drug-likeness (QED) is 0.909. The second-order valence-electron chi connectivity index (χ2n) is 6.66. The smallest absolute Gasteiger partial charge is 0.279 e. The van der Waals surface area contributed by atoms with Gasteiger partial charge in [0.25, 0.3) is 5.91 Å². The van der Waals surface area contributed by atoms with E-state index in [-0.39, 0.29) is 23.4 Å². The van der Waals surface area contributed by atoms with Gasteiger partial charge in [0.05, 0.1) is 12.2 Å². The van der Waals surface area contributed by atoms with Gasteiger partial charge in [-0.05, 0) is 19.8 Å². The molecule has 0 atom stereocenters. The third kappa shape index (κ3) is 3.30. The molecule has 2 aromatic heterocycles. The third-order valence-electron chi connectivity index (χ3n) is 4.83. The summed E-state index contributed by atoms with van der Waals surface area (Å²) in [5.74, 6) is 0.732. The number of carbonyl (C=O) groups is 2. The normalized spacial score (nSPS) is 17.6. The van der Waals surface area contributed by atoms with Gasteiger partial charge in [-0.15, -0.1) is 0 Å². The van der Waals surface area contributed by atoms with Crippen molar-refractivity contribution >= 4 is 28.3 Å². The SMILES string of the molecule is Cc1cc(C(=O)Nc2nc3c(s2)CN(C(=O)C2CCCC2)CC3)no1. The standard InChI is InChI=1S/C17H20N4O3S/c1-10-8-13(20-24-10)15(22)19-17-18-12-6-7-21(9-14(12)25-17)16(23)11-4-2-3-5-11/h8,11H,2-7,9H2,1H3,(H,18,19,22). The molecule has 4 rings (SSSR count). The van der Waals surface area contributed by atoms with Gasteiger partial charge in [-0.3, -0.25) is 14.9 Å². The van der Waals surface area contributed by atoms with Crippen LogP contribution in [-0.4, -0.2) is 33.4 Å². The largest absolute Gasteiger partial charge is 0.361 e. The number of anilines is 1. The predicted molar refractivity (Wildman–Crippen MR) is 92.4 cm³/mol. The van der Waals surface area contributed by atoms with Crippen LogP contribution in [0.5, 0.6) is 0 Å². The minimum absolute atomic E-state index is 0.198. The van der Waals surface area contributed by atoms with Gasteiger partial charge in [-0.25, -0.2) is 4.98 Å². The Hall–Kier alpha value is -2.22. The molecule has 2 aliphatic rings. The lowest BCUT2D eigenvalue weighted by Gasteiger charge is -2.28. The zero-order valence-electron chi connectivity index (χ0n) is 14.1. The summed E-state index contributed by atoms with van der Waals surface area (Å²) < 4.78 is 4.92. The van der Waals surface area contributed by atoms with Crippen LogP contribution in [0.1, 0.15) is 52.5 Å². The Balaban J connectivity index is 1.43. The maximum absolute atomic E-state index is 12.6. The molecule has 0 aromatic carbocycles. The fourth-order valence-corrected chi connectivity index (χ4v) is 4.52. The molecule has 7 nitrogen and oxygen atoms in total. The van der Waals surface area contributed by atoms with Crippen LogP contribution in [0.3, 0.4) is 0 Å². The summed E-state index contributed by atoms with van der Waals surface area (Å²) in [6, 6.07) is 1.59. The van der Waals surface area contributed by atoms with Crippen molar-refractivity contribution in [1.82, 2.24) is 15.0 Å². The molecule has 2 aromatic rings. The number of nitrogens with zero attached hydrogens (tertiary/aromatic N) is 3. The van der Waals surface area contributed by atoms with E-state index in [1.54, 1.807) is 13.0 Å². The van der Waals surface area contributed by atoms with Gasteiger partial charge >= 0.3 is 0 Å². The zero-order chi connectivity index (χ0) is 17.4. The van der Waals surface area contributed by atoms with Crippen LogP contribution in [0, 0.1) is 12.8 Å². The molecule has 0 unspecified atom stereocenters. The number of carbonyl (C=O) groups excluding carboxylic acids is 2. The van der Waals surface area contributed by atoms with Gasteiger partial charge in [0.2, 0.25) is 5.91 Å². The first-order valence-corrected chi connectivity index (χ1v) is 9.44. The van der Waals surface area contributed by atoms with Crippen LogP contribution in [0.4, 0.5) is 5.13 Å². The monoisotopic (exact) mass is 360 g/mol. The van der Waals surface area contributed by atoms with Crippen LogP contribution >= 0.6 is 11.3 Å². The number of hydrogen-bond acceptors (Lipinski definition) is 6. The van der Waals surface area contributed by atoms with Crippen molar-refractivity contribution in [2.24, 2.45) is 5.92 Å². The second kappa shape index (κ2) is 6.59. The summed E-state index contributed by atoms with van der Waals surface area (Å²) in [6.07, 6.45) is 5.09. The van der Waals surface area contributed by atoms with E-state index < -0.39 is 0 Å². The van der Waals surface area contributed by atoms with Crippen molar-refractivity contribution in [2.75, 3.05) is 11.9 Å². The minimum atomic E-state index is -0.332.